The fourth-order valence-electron chi connectivity index (χ4n) is 6.11. The van der Waals surface area contributed by atoms with Crippen LogP contribution < -0.4 is 5.32 Å². The van der Waals surface area contributed by atoms with Crippen molar-refractivity contribution < 1.29 is 23.0 Å². The summed E-state index contributed by atoms with van der Waals surface area (Å²) in [5.74, 6) is -1.54. The molecule has 1 aliphatic heterocycles. The number of likely N-dealkylation sites (N-methyl/N-ethyl adjacent to an activating group) is 1. The summed E-state index contributed by atoms with van der Waals surface area (Å²) in [6, 6.07) is 4.41. The number of hydrogen-bond acceptors (Lipinski definition) is 4. The number of methoxy groups -OCH3 is 1. The fourth-order valence-corrected chi connectivity index (χ4v) is 6.11. The lowest BCUT2D eigenvalue weighted by molar-refractivity contribution is -0.0715. The van der Waals surface area contributed by atoms with E-state index >= 15 is 0 Å². The zero-order chi connectivity index (χ0) is 24.6. The molecule has 1 heterocycles. The van der Waals surface area contributed by atoms with Gasteiger partial charge in [-0.3, -0.25) is 4.90 Å². The molecule has 4 nitrogen and oxygen atoms in total. The van der Waals surface area contributed by atoms with E-state index in [9.17, 15) is 18.3 Å². The molecule has 1 saturated heterocycles. The minimum atomic E-state index is -1.44. The molecule has 2 N–H and O–H groups in total. The van der Waals surface area contributed by atoms with Crippen LogP contribution in [0.3, 0.4) is 0 Å². The summed E-state index contributed by atoms with van der Waals surface area (Å²) in [5, 5.41) is 15.3. The average molecular weight is 485 g/mol. The number of rotatable bonds is 12. The van der Waals surface area contributed by atoms with Gasteiger partial charge in [-0.1, -0.05) is 12.1 Å². The van der Waals surface area contributed by atoms with Crippen LogP contribution in [-0.4, -0.2) is 62.6 Å². The molecule has 1 aromatic carbocycles. The van der Waals surface area contributed by atoms with Gasteiger partial charge in [-0.25, -0.2) is 13.2 Å². The van der Waals surface area contributed by atoms with Gasteiger partial charge >= 0.3 is 0 Å². The smallest absolute Gasteiger partial charge is 0.164 e. The summed E-state index contributed by atoms with van der Waals surface area (Å²) in [6.45, 7) is 2.96. The quantitative estimate of drug-likeness (QED) is 0.401. The van der Waals surface area contributed by atoms with Crippen molar-refractivity contribution in [2.24, 2.45) is 11.8 Å². The molecule has 34 heavy (non-hydrogen) atoms. The van der Waals surface area contributed by atoms with Gasteiger partial charge in [0.15, 0.2) is 11.6 Å². The number of halogens is 3. The Morgan fingerprint density at radius 2 is 1.94 bits per heavy atom. The highest BCUT2D eigenvalue weighted by Crippen LogP contribution is 2.42. The summed E-state index contributed by atoms with van der Waals surface area (Å²) in [5.41, 5.74) is -1.36. The molecule has 3 rings (SSSR count). The van der Waals surface area contributed by atoms with Crippen molar-refractivity contribution in [1.29, 1.82) is 0 Å². The SMILES string of the molecule is CNCC(CC1CCC(F)CC1)N1CCCC([C@](O)(CCCCOC)c2cccc(F)c2F)C1. The van der Waals surface area contributed by atoms with Crippen LogP contribution >= 0.6 is 0 Å². The molecule has 1 aromatic rings. The lowest BCUT2D eigenvalue weighted by Crippen LogP contribution is -2.52. The van der Waals surface area contributed by atoms with E-state index in [-0.39, 0.29) is 17.5 Å². The van der Waals surface area contributed by atoms with E-state index in [4.69, 9.17) is 4.74 Å². The van der Waals surface area contributed by atoms with Crippen molar-refractivity contribution in [2.45, 2.75) is 82.0 Å². The Hall–Kier alpha value is -1.15. The number of unbranched alkanes of at least 4 members (excludes halogenated alkanes) is 1. The maximum Gasteiger partial charge on any atom is 0.164 e. The first kappa shape index (κ1) is 27.4. The van der Waals surface area contributed by atoms with Crippen LogP contribution in [0, 0.1) is 23.5 Å². The Bertz CT molecular complexity index is 745. The van der Waals surface area contributed by atoms with Crippen molar-refractivity contribution >= 4 is 0 Å². The number of nitrogens with one attached hydrogen (secondary N) is 1. The average Bonchev–Trinajstić information content (AvgIpc) is 2.84. The van der Waals surface area contributed by atoms with E-state index < -0.39 is 23.4 Å². The molecule has 0 amide bonds. The monoisotopic (exact) mass is 484 g/mol. The summed E-state index contributed by atoms with van der Waals surface area (Å²) < 4.78 is 47.9. The van der Waals surface area contributed by atoms with Crippen molar-refractivity contribution in [2.75, 3.05) is 40.4 Å². The standard InChI is InChI=1S/C27H43F3N2O2/c1-31-18-23(17-20-10-12-22(28)13-11-20)32-15-6-7-21(19-32)27(33,14-3-4-16-34-2)24-8-5-9-25(29)26(24)30/h5,8-9,20-23,31,33H,3-4,6-7,10-19H2,1-2H3/t20?,21?,22?,23?,27-/m1/s1. The minimum Gasteiger partial charge on any atom is -0.385 e. The highest BCUT2D eigenvalue weighted by atomic mass is 19.2. The van der Waals surface area contributed by atoms with Crippen LogP contribution in [-0.2, 0) is 10.3 Å². The first-order valence-electron chi connectivity index (χ1n) is 13.1. The number of alkyl halides is 1. The van der Waals surface area contributed by atoms with Gasteiger partial charge in [-0.2, -0.15) is 0 Å². The second-order valence-corrected chi connectivity index (χ2v) is 10.4. The molecule has 0 radical (unpaired) electrons. The van der Waals surface area contributed by atoms with Crippen molar-refractivity contribution in [3.63, 3.8) is 0 Å². The Morgan fingerprint density at radius 3 is 2.65 bits per heavy atom. The number of aliphatic hydroxyl groups is 1. The van der Waals surface area contributed by atoms with E-state index in [0.29, 0.717) is 44.8 Å². The lowest BCUT2D eigenvalue weighted by atomic mass is 9.73. The molecular formula is C27H43F3N2O2. The number of piperidine rings is 1. The largest absolute Gasteiger partial charge is 0.385 e. The number of likely N-dealkylation sites (tertiary alicyclic amines) is 1. The molecule has 2 aliphatic rings. The van der Waals surface area contributed by atoms with Crippen LogP contribution in [0.25, 0.3) is 0 Å². The number of benzene rings is 1. The molecule has 2 unspecified atom stereocenters. The molecule has 3 atom stereocenters. The van der Waals surface area contributed by atoms with Crippen LogP contribution in [0.1, 0.15) is 69.8 Å². The van der Waals surface area contributed by atoms with Crippen molar-refractivity contribution in [3.05, 3.63) is 35.4 Å². The topological polar surface area (TPSA) is 44.7 Å². The fraction of sp³-hybridized carbons (Fsp3) is 0.778. The molecule has 7 heteroatoms. The predicted octanol–water partition coefficient (Wildman–Crippen LogP) is 5.19. The number of ether oxygens (including phenoxy) is 1. The van der Waals surface area contributed by atoms with Gasteiger partial charge in [0.1, 0.15) is 6.17 Å². The zero-order valence-corrected chi connectivity index (χ0v) is 20.9. The molecule has 1 saturated carbocycles. The second-order valence-electron chi connectivity index (χ2n) is 10.4. The number of nitrogens with zero attached hydrogens (tertiary/aromatic N) is 1. The summed E-state index contributed by atoms with van der Waals surface area (Å²) in [7, 11) is 3.58. The maximum absolute atomic E-state index is 14.9. The van der Waals surface area contributed by atoms with E-state index in [1.54, 1.807) is 7.11 Å². The van der Waals surface area contributed by atoms with Gasteiger partial charge in [0.2, 0.25) is 0 Å². The van der Waals surface area contributed by atoms with Crippen LogP contribution in [0.4, 0.5) is 13.2 Å². The van der Waals surface area contributed by atoms with Gasteiger partial charge in [0, 0.05) is 44.3 Å². The molecule has 2 fully saturated rings. The van der Waals surface area contributed by atoms with Crippen molar-refractivity contribution in [1.82, 2.24) is 10.2 Å². The van der Waals surface area contributed by atoms with E-state index in [2.05, 4.69) is 10.2 Å². The van der Waals surface area contributed by atoms with Gasteiger partial charge < -0.3 is 15.2 Å². The Balaban J connectivity index is 1.78. The molecule has 1 aliphatic carbocycles. The first-order chi connectivity index (χ1) is 16.4. The summed E-state index contributed by atoms with van der Waals surface area (Å²) >= 11 is 0. The predicted molar refractivity (Wildman–Crippen MR) is 129 cm³/mol. The van der Waals surface area contributed by atoms with Gasteiger partial charge in [0.05, 0.1) is 5.60 Å². The highest BCUT2D eigenvalue weighted by Gasteiger charge is 2.43. The molecule has 0 bridgehead atoms. The highest BCUT2D eigenvalue weighted by molar-refractivity contribution is 5.27. The van der Waals surface area contributed by atoms with Crippen LogP contribution in [0.15, 0.2) is 18.2 Å². The maximum atomic E-state index is 14.9. The molecule has 194 valence electrons. The van der Waals surface area contributed by atoms with Gasteiger partial charge in [-0.05, 0) is 89.8 Å². The Kier molecular flexibility index (Phi) is 10.7. The van der Waals surface area contributed by atoms with Gasteiger partial charge in [-0.15, -0.1) is 0 Å². The summed E-state index contributed by atoms with van der Waals surface area (Å²) in [6.07, 6.45) is 6.97. The second kappa shape index (κ2) is 13.2. The third-order valence-electron chi connectivity index (χ3n) is 8.04. The zero-order valence-electron chi connectivity index (χ0n) is 20.9. The van der Waals surface area contributed by atoms with E-state index in [1.807, 2.05) is 7.05 Å². The molecule has 0 aromatic heterocycles. The minimum absolute atomic E-state index is 0.0724. The normalized spacial score (nSPS) is 26.8. The third kappa shape index (κ3) is 6.96. The number of hydrogen-bond donors (Lipinski definition) is 2. The van der Waals surface area contributed by atoms with Crippen LogP contribution in [0.2, 0.25) is 0 Å². The third-order valence-corrected chi connectivity index (χ3v) is 8.04. The van der Waals surface area contributed by atoms with E-state index in [0.717, 1.165) is 57.7 Å². The van der Waals surface area contributed by atoms with Crippen molar-refractivity contribution in [3.8, 4) is 0 Å². The Morgan fingerprint density at radius 1 is 1.18 bits per heavy atom. The molecule has 0 spiro atoms. The Labute approximate surface area is 203 Å². The van der Waals surface area contributed by atoms with Crippen LogP contribution in [0.5, 0.6) is 0 Å². The first-order valence-corrected chi connectivity index (χ1v) is 13.1. The van der Waals surface area contributed by atoms with E-state index in [1.165, 1.54) is 12.1 Å². The summed E-state index contributed by atoms with van der Waals surface area (Å²) in [4.78, 5) is 2.42. The lowest BCUT2D eigenvalue weighted by Gasteiger charge is -2.46. The molecular weight excluding hydrogens is 441 g/mol. The van der Waals surface area contributed by atoms with Gasteiger partial charge in [0.25, 0.3) is 0 Å².